The average Bonchev–Trinajstić information content (AvgIpc) is 3.13. The van der Waals surface area contributed by atoms with E-state index >= 15 is 0 Å². The van der Waals surface area contributed by atoms with Crippen molar-refractivity contribution in [1.82, 2.24) is 15.0 Å². The van der Waals surface area contributed by atoms with Crippen LogP contribution in [0.3, 0.4) is 0 Å². The number of hydrogen-bond acceptors (Lipinski definition) is 5. The van der Waals surface area contributed by atoms with Crippen LogP contribution in [0.5, 0.6) is 0 Å². The summed E-state index contributed by atoms with van der Waals surface area (Å²) in [7, 11) is 2.13. The Morgan fingerprint density at radius 3 is 2.73 bits per heavy atom. The summed E-state index contributed by atoms with van der Waals surface area (Å²) >= 11 is 0. The van der Waals surface area contributed by atoms with E-state index in [1.807, 2.05) is 42.5 Å². The van der Waals surface area contributed by atoms with E-state index in [-0.39, 0.29) is 5.91 Å². The fourth-order valence-electron chi connectivity index (χ4n) is 3.24. The van der Waals surface area contributed by atoms with Gasteiger partial charge >= 0.3 is 0 Å². The number of rotatable bonds is 4. The number of anilines is 1. The van der Waals surface area contributed by atoms with Crippen LogP contribution in [0.25, 0.3) is 10.8 Å². The molecular formula is C20H22N4O2. The molecule has 6 heteroatoms. The van der Waals surface area contributed by atoms with Gasteiger partial charge in [-0.1, -0.05) is 41.6 Å². The Labute approximate surface area is 152 Å². The van der Waals surface area contributed by atoms with Crippen LogP contribution >= 0.6 is 0 Å². The minimum Gasteiger partial charge on any atom is -0.359 e. The molecule has 1 aliphatic rings. The number of piperazine rings is 1. The maximum atomic E-state index is 12.6. The van der Waals surface area contributed by atoms with Crippen molar-refractivity contribution >= 4 is 22.4 Å². The minimum atomic E-state index is -0.255. The van der Waals surface area contributed by atoms with E-state index in [9.17, 15) is 4.79 Å². The lowest BCUT2D eigenvalue weighted by Crippen LogP contribution is -2.43. The second kappa shape index (κ2) is 7.27. The Kier molecular flexibility index (Phi) is 4.69. The van der Waals surface area contributed by atoms with Gasteiger partial charge in [-0.3, -0.25) is 9.69 Å². The molecule has 1 saturated heterocycles. The van der Waals surface area contributed by atoms with Crippen LogP contribution in [0.4, 0.5) is 5.69 Å². The number of aromatic nitrogens is 1. The van der Waals surface area contributed by atoms with E-state index < -0.39 is 0 Å². The van der Waals surface area contributed by atoms with Crippen molar-refractivity contribution in [3.63, 3.8) is 0 Å². The first-order valence-corrected chi connectivity index (χ1v) is 8.85. The van der Waals surface area contributed by atoms with Gasteiger partial charge in [0.15, 0.2) is 11.5 Å². The number of amides is 1. The highest BCUT2D eigenvalue weighted by molar-refractivity contribution is 6.08. The molecule has 0 unspecified atom stereocenters. The number of likely N-dealkylation sites (N-methyl/N-ethyl adjacent to an activating group) is 1. The number of hydrogen-bond donors (Lipinski definition) is 1. The third-order valence-corrected chi connectivity index (χ3v) is 4.80. The first-order valence-electron chi connectivity index (χ1n) is 8.85. The number of carbonyl (C=O) groups is 1. The van der Waals surface area contributed by atoms with Gasteiger partial charge in [-0.25, -0.2) is 0 Å². The average molecular weight is 350 g/mol. The molecule has 0 saturated carbocycles. The zero-order chi connectivity index (χ0) is 17.9. The molecule has 3 aromatic rings. The van der Waals surface area contributed by atoms with Crippen LogP contribution in [0.1, 0.15) is 16.2 Å². The van der Waals surface area contributed by atoms with Gasteiger partial charge in [-0.05, 0) is 18.5 Å². The summed E-state index contributed by atoms with van der Waals surface area (Å²) < 4.78 is 5.37. The molecule has 2 aromatic carbocycles. The van der Waals surface area contributed by atoms with Gasteiger partial charge in [0.25, 0.3) is 5.91 Å². The van der Waals surface area contributed by atoms with Crippen LogP contribution in [0, 0.1) is 0 Å². The van der Waals surface area contributed by atoms with E-state index in [2.05, 4.69) is 27.3 Å². The quantitative estimate of drug-likeness (QED) is 0.784. The minimum absolute atomic E-state index is 0.255. The van der Waals surface area contributed by atoms with E-state index in [0.717, 1.165) is 48.4 Å². The third-order valence-electron chi connectivity index (χ3n) is 4.80. The van der Waals surface area contributed by atoms with E-state index in [0.29, 0.717) is 12.2 Å². The zero-order valence-electron chi connectivity index (χ0n) is 14.8. The highest BCUT2D eigenvalue weighted by Crippen LogP contribution is 2.23. The van der Waals surface area contributed by atoms with Crippen molar-refractivity contribution in [2.75, 3.05) is 38.5 Å². The molecule has 26 heavy (non-hydrogen) atoms. The molecule has 1 aliphatic heterocycles. The SMILES string of the molecule is CN1CCN(Cc2cc(C(=O)Nc3cccc4ccccc34)no2)CC1. The maximum absolute atomic E-state index is 12.6. The summed E-state index contributed by atoms with van der Waals surface area (Å²) in [4.78, 5) is 17.2. The van der Waals surface area contributed by atoms with Crippen LogP contribution < -0.4 is 5.32 Å². The van der Waals surface area contributed by atoms with Gasteiger partial charge in [-0.2, -0.15) is 0 Å². The molecule has 1 amide bonds. The van der Waals surface area contributed by atoms with Crippen molar-refractivity contribution in [2.45, 2.75) is 6.54 Å². The number of fused-ring (bicyclic) bond motifs is 1. The molecular weight excluding hydrogens is 328 g/mol. The van der Waals surface area contributed by atoms with Gasteiger partial charge < -0.3 is 14.7 Å². The van der Waals surface area contributed by atoms with E-state index in [4.69, 9.17) is 4.52 Å². The smallest absolute Gasteiger partial charge is 0.277 e. The number of nitrogens with zero attached hydrogens (tertiary/aromatic N) is 3. The van der Waals surface area contributed by atoms with E-state index in [1.54, 1.807) is 6.07 Å². The van der Waals surface area contributed by atoms with Crippen LogP contribution in [0.15, 0.2) is 53.1 Å². The predicted octanol–water partition coefficient (Wildman–Crippen LogP) is 2.83. The van der Waals surface area contributed by atoms with Crippen LogP contribution in [0.2, 0.25) is 0 Å². The van der Waals surface area contributed by atoms with Crippen LogP contribution in [-0.2, 0) is 6.54 Å². The van der Waals surface area contributed by atoms with Crippen molar-refractivity contribution in [2.24, 2.45) is 0 Å². The van der Waals surface area contributed by atoms with Gasteiger partial charge in [0, 0.05) is 43.3 Å². The molecule has 0 atom stereocenters. The van der Waals surface area contributed by atoms with Gasteiger partial charge in [0.2, 0.25) is 0 Å². The number of nitrogens with one attached hydrogen (secondary N) is 1. The Hall–Kier alpha value is -2.70. The molecule has 4 rings (SSSR count). The molecule has 6 nitrogen and oxygen atoms in total. The molecule has 1 fully saturated rings. The predicted molar refractivity (Wildman–Crippen MR) is 101 cm³/mol. The molecule has 0 bridgehead atoms. The van der Waals surface area contributed by atoms with Crippen molar-refractivity contribution in [1.29, 1.82) is 0 Å². The van der Waals surface area contributed by atoms with Gasteiger partial charge in [0.1, 0.15) is 0 Å². The first-order chi connectivity index (χ1) is 12.7. The Bertz CT molecular complexity index is 908. The Balaban J connectivity index is 1.44. The largest absolute Gasteiger partial charge is 0.359 e. The zero-order valence-corrected chi connectivity index (χ0v) is 14.8. The summed E-state index contributed by atoms with van der Waals surface area (Å²) in [6.45, 7) is 4.76. The van der Waals surface area contributed by atoms with Crippen molar-refractivity contribution in [3.05, 3.63) is 60.0 Å². The molecule has 134 valence electrons. The maximum Gasteiger partial charge on any atom is 0.277 e. The monoisotopic (exact) mass is 350 g/mol. The Morgan fingerprint density at radius 2 is 1.88 bits per heavy atom. The first kappa shape index (κ1) is 16.8. The normalized spacial score (nSPS) is 16.0. The molecule has 0 aliphatic carbocycles. The number of benzene rings is 2. The standard InChI is InChI=1S/C20H22N4O2/c1-23-9-11-24(12-10-23)14-16-13-19(22-26-16)20(25)21-18-8-4-6-15-5-2-3-7-17(15)18/h2-8,13H,9-12,14H2,1H3,(H,21,25). The van der Waals surface area contributed by atoms with Crippen LogP contribution in [-0.4, -0.2) is 54.1 Å². The number of carbonyl (C=O) groups excluding carboxylic acids is 1. The lowest BCUT2D eigenvalue weighted by Gasteiger charge is -2.31. The molecule has 0 spiro atoms. The highest BCUT2D eigenvalue weighted by Gasteiger charge is 2.18. The summed E-state index contributed by atoms with van der Waals surface area (Å²) in [6, 6.07) is 15.5. The summed E-state index contributed by atoms with van der Waals surface area (Å²) in [5.74, 6) is 0.465. The molecule has 2 heterocycles. The third kappa shape index (κ3) is 3.61. The summed E-state index contributed by atoms with van der Waals surface area (Å²) in [6.07, 6.45) is 0. The summed E-state index contributed by atoms with van der Waals surface area (Å²) in [5.41, 5.74) is 1.08. The topological polar surface area (TPSA) is 61.6 Å². The summed E-state index contributed by atoms with van der Waals surface area (Å²) in [5, 5.41) is 8.98. The highest BCUT2D eigenvalue weighted by atomic mass is 16.5. The molecule has 0 radical (unpaired) electrons. The fourth-order valence-corrected chi connectivity index (χ4v) is 3.24. The second-order valence-corrected chi connectivity index (χ2v) is 6.74. The lowest BCUT2D eigenvalue weighted by atomic mass is 10.1. The molecule has 1 N–H and O–H groups in total. The van der Waals surface area contributed by atoms with Crippen molar-refractivity contribution in [3.8, 4) is 0 Å². The van der Waals surface area contributed by atoms with Gasteiger partial charge in [0.05, 0.1) is 6.54 Å². The van der Waals surface area contributed by atoms with E-state index in [1.165, 1.54) is 0 Å². The second-order valence-electron chi connectivity index (χ2n) is 6.74. The molecule has 1 aromatic heterocycles. The Morgan fingerprint density at radius 1 is 1.12 bits per heavy atom. The lowest BCUT2D eigenvalue weighted by molar-refractivity contribution is 0.101. The fraction of sp³-hybridized carbons (Fsp3) is 0.300. The van der Waals surface area contributed by atoms with Crippen molar-refractivity contribution < 1.29 is 9.32 Å². The van der Waals surface area contributed by atoms with Gasteiger partial charge in [-0.15, -0.1) is 0 Å².